The first kappa shape index (κ1) is 23.8. The number of anilines is 2. The van der Waals surface area contributed by atoms with E-state index in [9.17, 15) is 18.0 Å². The SMILES string of the molecule is Cc1ccc(NC(=O)COC(=O)c2ccc(Cl)c(S(=O)(=O)N3CCc4ccccc43)c2)c(C)c1. The van der Waals surface area contributed by atoms with Crippen LogP contribution in [0.3, 0.4) is 0 Å². The summed E-state index contributed by atoms with van der Waals surface area (Å²) in [4.78, 5) is 24.6. The molecule has 0 saturated heterocycles. The van der Waals surface area contributed by atoms with Gasteiger partial charge in [0.05, 0.1) is 16.3 Å². The number of rotatable bonds is 6. The fraction of sp³-hybridized carbons (Fsp3) is 0.200. The number of para-hydroxylation sites is 1. The van der Waals surface area contributed by atoms with Crippen molar-refractivity contribution in [2.24, 2.45) is 0 Å². The first-order chi connectivity index (χ1) is 16.2. The monoisotopic (exact) mass is 498 g/mol. The Hall–Kier alpha value is -3.36. The molecule has 9 heteroatoms. The molecule has 0 aliphatic carbocycles. The van der Waals surface area contributed by atoms with E-state index < -0.39 is 28.5 Å². The number of fused-ring (bicyclic) bond motifs is 1. The van der Waals surface area contributed by atoms with Gasteiger partial charge in [-0.1, -0.05) is 47.5 Å². The molecule has 34 heavy (non-hydrogen) atoms. The summed E-state index contributed by atoms with van der Waals surface area (Å²) in [6, 6.07) is 16.7. The minimum atomic E-state index is -4.00. The Morgan fingerprint density at radius 3 is 2.59 bits per heavy atom. The normalized spacial score (nSPS) is 12.9. The number of nitrogens with one attached hydrogen (secondary N) is 1. The van der Waals surface area contributed by atoms with Gasteiger partial charge in [-0.2, -0.15) is 0 Å². The maximum atomic E-state index is 13.3. The van der Waals surface area contributed by atoms with Crippen LogP contribution in [0.15, 0.2) is 65.6 Å². The van der Waals surface area contributed by atoms with Crippen LogP contribution in [-0.2, 0) is 26.0 Å². The average molecular weight is 499 g/mol. The molecule has 1 amide bonds. The largest absolute Gasteiger partial charge is 0.452 e. The molecule has 1 heterocycles. The van der Waals surface area contributed by atoms with Crippen molar-refractivity contribution in [2.45, 2.75) is 25.2 Å². The van der Waals surface area contributed by atoms with E-state index in [0.717, 1.165) is 16.7 Å². The highest BCUT2D eigenvalue weighted by Gasteiger charge is 2.32. The summed E-state index contributed by atoms with van der Waals surface area (Å²) in [5.41, 5.74) is 4.07. The Labute approximate surface area is 203 Å². The standard InChI is InChI=1S/C25H23ClN2O5S/c1-16-7-10-21(17(2)13-16)27-24(29)15-33-25(30)19-8-9-20(26)23(14-19)34(31,32)28-12-11-18-5-3-4-6-22(18)28/h3-10,13-14H,11-12,15H2,1-2H3,(H,27,29). The summed E-state index contributed by atoms with van der Waals surface area (Å²) >= 11 is 6.21. The Balaban J connectivity index is 1.48. The van der Waals surface area contributed by atoms with Gasteiger partial charge in [-0.05, 0) is 61.7 Å². The molecule has 0 atom stereocenters. The van der Waals surface area contributed by atoms with Crippen LogP contribution < -0.4 is 9.62 Å². The molecular formula is C25H23ClN2O5S. The van der Waals surface area contributed by atoms with Gasteiger partial charge in [0.2, 0.25) is 0 Å². The molecule has 0 unspecified atom stereocenters. The molecule has 0 spiro atoms. The van der Waals surface area contributed by atoms with Crippen molar-refractivity contribution in [3.63, 3.8) is 0 Å². The highest BCUT2D eigenvalue weighted by Crippen LogP contribution is 2.35. The number of ether oxygens (including phenoxy) is 1. The van der Waals surface area contributed by atoms with Crippen LogP contribution in [-0.4, -0.2) is 33.4 Å². The van der Waals surface area contributed by atoms with Gasteiger partial charge in [0, 0.05) is 12.2 Å². The summed E-state index contributed by atoms with van der Waals surface area (Å²) in [5.74, 6) is -1.33. The Bertz CT molecular complexity index is 1390. The maximum absolute atomic E-state index is 13.3. The molecule has 4 rings (SSSR count). The number of esters is 1. The minimum Gasteiger partial charge on any atom is -0.452 e. The number of benzene rings is 3. The second-order valence-corrected chi connectivity index (χ2v) is 10.3. The molecule has 3 aromatic carbocycles. The molecule has 3 aromatic rings. The summed E-state index contributed by atoms with van der Waals surface area (Å²) in [6.07, 6.45) is 0.588. The number of sulfonamides is 1. The van der Waals surface area contributed by atoms with E-state index in [1.165, 1.54) is 22.5 Å². The van der Waals surface area contributed by atoms with Crippen LogP contribution in [0.5, 0.6) is 0 Å². The number of hydrogen-bond acceptors (Lipinski definition) is 5. The lowest BCUT2D eigenvalue weighted by Crippen LogP contribution is -2.29. The third kappa shape index (κ3) is 4.78. The molecule has 1 aliphatic rings. The summed E-state index contributed by atoms with van der Waals surface area (Å²) in [5, 5.41) is 2.69. The third-order valence-corrected chi connectivity index (χ3v) is 7.86. The topological polar surface area (TPSA) is 92.8 Å². The fourth-order valence-corrected chi connectivity index (χ4v) is 5.87. The molecule has 1 N–H and O–H groups in total. The molecule has 0 radical (unpaired) electrons. The number of aryl methyl sites for hydroxylation is 2. The Morgan fingerprint density at radius 2 is 1.82 bits per heavy atom. The van der Waals surface area contributed by atoms with Crippen LogP contribution in [0.2, 0.25) is 5.02 Å². The highest BCUT2D eigenvalue weighted by molar-refractivity contribution is 7.93. The molecule has 1 aliphatic heterocycles. The Morgan fingerprint density at radius 1 is 1.06 bits per heavy atom. The van der Waals surface area contributed by atoms with E-state index in [2.05, 4.69) is 5.32 Å². The van der Waals surface area contributed by atoms with E-state index in [1.54, 1.807) is 18.2 Å². The lowest BCUT2D eigenvalue weighted by atomic mass is 10.1. The van der Waals surface area contributed by atoms with Crippen LogP contribution in [0.4, 0.5) is 11.4 Å². The smallest absolute Gasteiger partial charge is 0.338 e. The van der Waals surface area contributed by atoms with Crippen LogP contribution in [0.1, 0.15) is 27.0 Å². The first-order valence-corrected chi connectivity index (χ1v) is 12.4. The van der Waals surface area contributed by atoms with Gasteiger partial charge >= 0.3 is 5.97 Å². The first-order valence-electron chi connectivity index (χ1n) is 10.6. The number of carbonyl (C=O) groups is 2. The van der Waals surface area contributed by atoms with Crippen molar-refractivity contribution in [1.82, 2.24) is 0 Å². The van der Waals surface area contributed by atoms with Crippen molar-refractivity contribution in [1.29, 1.82) is 0 Å². The van der Waals surface area contributed by atoms with Gasteiger partial charge < -0.3 is 10.1 Å². The van der Waals surface area contributed by atoms with Gasteiger partial charge in [-0.15, -0.1) is 0 Å². The van der Waals surface area contributed by atoms with Crippen molar-refractivity contribution < 1.29 is 22.7 Å². The second-order valence-electron chi connectivity index (χ2n) is 8.04. The zero-order chi connectivity index (χ0) is 24.5. The number of hydrogen-bond donors (Lipinski definition) is 1. The third-order valence-electron chi connectivity index (χ3n) is 5.57. The molecule has 7 nitrogen and oxygen atoms in total. The lowest BCUT2D eigenvalue weighted by Gasteiger charge is -2.20. The van der Waals surface area contributed by atoms with Crippen molar-refractivity contribution in [3.05, 3.63) is 87.9 Å². The van der Waals surface area contributed by atoms with Gasteiger partial charge in [0.25, 0.3) is 15.9 Å². The quantitative estimate of drug-likeness (QED) is 0.505. The highest BCUT2D eigenvalue weighted by atomic mass is 35.5. The van der Waals surface area contributed by atoms with E-state index in [4.69, 9.17) is 16.3 Å². The molecule has 176 valence electrons. The van der Waals surface area contributed by atoms with Gasteiger partial charge in [-0.3, -0.25) is 9.10 Å². The molecule has 0 saturated carbocycles. The number of nitrogens with zero attached hydrogens (tertiary/aromatic N) is 1. The van der Waals surface area contributed by atoms with Crippen LogP contribution in [0.25, 0.3) is 0 Å². The zero-order valence-corrected chi connectivity index (χ0v) is 20.2. The predicted molar refractivity (Wildman–Crippen MR) is 131 cm³/mol. The summed E-state index contributed by atoms with van der Waals surface area (Å²) in [7, 11) is -4.00. The van der Waals surface area contributed by atoms with Gasteiger partial charge in [-0.25, -0.2) is 13.2 Å². The number of amides is 1. The van der Waals surface area contributed by atoms with Crippen molar-refractivity contribution >= 4 is 44.9 Å². The minimum absolute atomic E-state index is 0.00600. The summed E-state index contributed by atoms with van der Waals surface area (Å²) in [6.45, 7) is 3.58. The predicted octanol–water partition coefficient (Wildman–Crippen LogP) is 4.50. The molecule has 0 fully saturated rings. The maximum Gasteiger partial charge on any atom is 0.338 e. The lowest BCUT2D eigenvalue weighted by molar-refractivity contribution is -0.119. The van der Waals surface area contributed by atoms with Crippen molar-refractivity contribution in [2.75, 3.05) is 22.8 Å². The molecular weight excluding hydrogens is 476 g/mol. The zero-order valence-electron chi connectivity index (χ0n) is 18.7. The fourth-order valence-electron chi connectivity index (χ4n) is 3.86. The van der Waals surface area contributed by atoms with Crippen LogP contribution in [0, 0.1) is 13.8 Å². The van der Waals surface area contributed by atoms with E-state index in [0.29, 0.717) is 17.8 Å². The van der Waals surface area contributed by atoms with Crippen LogP contribution >= 0.6 is 11.6 Å². The second kappa shape index (κ2) is 9.48. The molecule has 0 aromatic heterocycles. The summed E-state index contributed by atoms with van der Waals surface area (Å²) < 4.78 is 33.1. The number of carbonyl (C=O) groups excluding carboxylic acids is 2. The molecule has 0 bridgehead atoms. The Kier molecular flexibility index (Phi) is 6.63. The number of halogens is 1. The average Bonchev–Trinajstić information content (AvgIpc) is 3.24. The van der Waals surface area contributed by atoms with E-state index in [1.807, 2.05) is 38.1 Å². The van der Waals surface area contributed by atoms with Gasteiger partial charge in [0.1, 0.15) is 4.90 Å². The van der Waals surface area contributed by atoms with E-state index in [-0.39, 0.29) is 22.0 Å². The van der Waals surface area contributed by atoms with Crippen molar-refractivity contribution in [3.8, 4) is 0 Å². The van der Waals surface area contributed by atoms with E-state index >= 15 is 0 Å². The van der Waals surface area contributed by atoms with Gasteiger partial charge in [0.15, 0.2) is 6.61 Å².